The Labute approximate surface area is 130 Å². The van der Waals surface area contributed by atoms with Gasteiger partial charge in [-0.25, -0.2) is 0 Å². The Morgan fingerprint density at radius 1 is 1.10 bits per heavy atom. The molecule has 1 fully saturated rings. The normalized spacial score (nSPS) is 22.2. The van der Waals surface area contributed by atoms with E-state index in [0.29, 0.717) is 5.92 Å². The highest BCUT2D eigenvalue weighted by Crippen LogP contribution is 2.22. The molecule has 2 N–H and O–H groups in total. The summed E-state index contributed by atoms with van der Waals surface area (Å²) in [4.78, 5) is 2.57. The van der Waals surface area contributed by atoms with Gasteiger partial charge in [-0.2, -0.15) is 0 Å². The standard InChI is InChI=1S/C19H32N2/c1-4-16-6-5-12-21(13-11-16)14-19(20)18-9-7-17(8-10-18)15(2)3/h7-10,15-16,19H,4-6,11-14,20H2,1-3H3. The number of hydrogen-bond donors (Lipinski definition) is 1. The Bertz CT molecular complexity index is 410. The second kappa shape index (κ2) is 7.95. The zero-order valence-electron chi connectivity index (χ0n) is 14.0. The molecule has 1 heterocycles. The average Bonchev–Trinajstić information content (AvgIpc) is 2.72. The molecular formula is C19H32N2. The Morgan fingerprint density at radius 2 is 1.76 bits per heavy atom. The van der Waals surface area contributed by atoms with E-state index in [1.165, 1.54) is 49.9 Å². The van der Waals surface area contributed by atoms with Crippen molar-refractivity contribution in [1.29, 1.82) is 0 Å². The van der Waals surface area contributed by atoms with Crippen LogP contribution in [0, 0.1) is 5.92 Å². The van der Waals surface area contributed by atoms with Crippen molar-refractivity contribution in [3.63, 3.8) is 0 Å². The van der Waals surface area contributed by atoms with E-state index < -0.39 is 0 Å². The molecule has 2 rings (SSSR count). The fraction of sp³-hybridized carbons (Fsp3) is 0.684. The molecule has 2 unspecified atom stereocenters. The Kier molecular flexibility index (Phi) is 6.25. The van der Waals surface area contributed by atoms with Gasteiger partial charge in [0.1, 0.15) is 0 Å². The first kappa shape index (κ1) is 16.5. The summed E-state index contributed by atoms with van der Waals surface area (Å²) < 4.78 is 0. The molecule has 2 heteroatoms. The zero-order chi connectivity index (χ0) is 15.2. The van der Waals surface area contributed by atoms with Crippen LogP contribution in [-0.4, -0.2) is 24.5 Å². The maximum Gasteiger partial charge on any atom is 0.0424 e. The lowest BCUT2D eigenvalue weighted by atomic mass is 9.98. The molecule has 118 valence electrons. The van der Waals surface area contributed by atoms with Crippen LogP contribution in [0.5, 0.6) is 0 Å². The van der Waals surface area contributed by atoms with Gasteiger partial charge in [-0.05, 0) is 55.3 Å². The number of rotatable bonds is 5. The molecule has 2 nitrogen and oxygen atoms in total. The molecule has 21 heavy (non-hydrogen) atoms. The summed E-state index contributed by atoms with van der Waals surface area (Å²) in [5.74, 6) is 1.52. The minimum absolute atomic E-state index is 0.143. The van der Waals surface area contributed by atoms with Crippen LogP contribution in [0.25, 0.3) is 0 Å². The van der Waals surface area contributed by atoms with E-state index in [9.17, 15) is 0 Å². The highest BCUT2D eigenvalue weighted by atomic mass is 15.1. The van der Waals surface area contributed by atoms with Gasteiger partial charge in [-0.3, -0.25) is 0 Å². The summed E-state index contributed by atoms with van der Waals surface area (Å²) in [6.07, 6.45) is 5.40. The van der Waals surface area contributed by atoms with Crippen LogP contribution in [0.2, 0.25) is 0 Å². The lowest BCUT2D eigenvalue weighted by Gasteiger charge is -2.24. The molecule has 0 saturated carbocycles. The van der Waals surface area contributed by atoms with E-state index in [4.69, 9.17) is 5.73 Å². The second-order valence-electron chi connectivity index (χ2n) is 6.93. The molecule has 0 bridgehead atoms. The summed E-state index contributed by atoms with van der Waals surface area (Å²) in [6, 6.07) is 9.04. The first-order valence-electron chi connectivity index (χ1n) is 8.68. The molecule has 0 radical (unpaired) electrons. The first-order valence-corrected chi connectivity index (χ1v) is 8.68. The number of nitrogens with two attached hydrogens (primary N) is 1. The quantitative estimate of drug-likeness (QED) is 0.874. The summed E-state index contributed by atoms with van der Waals surface area (Å²) in [5.41, 5.74) is 9.10. The van der Waals surface area contributed by atoms with E-state index in [1.54, 1.807) is 0 Å². The van der Waals surface area contributed by atoms with Crippen molar-refractivity contribution in [3.05, 3.63) is 35.4 Å². The lowest BCUT2D eigenvalue weighted by Crippen LogP contribution is -2.33. The Morgan fingerprint density at radius 3 is 2.38 bits per heavy atom. The van der Waals surface area contributed by atoms with Crippen LogP contribution >= 0.6 is 0 Å². The van der Waals surface area contributed by atoms with E-state index >= 15 is 0 Å². The highest BCUT2D eigenvalue weighted by molar-refractivity contribution is 5.26. The van der Waals surface area contributed by atoms with E-state index in [-0.39, 0.29) is 6.04 Å². The largest absolute Gasteiger partial charge is 0.323 e. The van der Waals surface area contributed by atoms with Crippen LogP contribution in [-0.2, 0) is 0 Å². The molecule has 0 aromatic heterocycles. The van der Waals surface area contributed by atoms with Crippen molar-refractivity contribution in [1.82, 2.24) is 4.90 Å². The molecule has 0 spiro atoms. The third-order valence-corrected chi connectivity index (χ3v) is 5.00. The molecule has 1 aliphatic heterocycles. The molecule has 0 aliphatic carbocycles. The maximum absolute atomic E-state index is 6.43. The molecule has 0 amide bonds. The fourth-order valence-electron chi connectivity index (χ4n) is 3.33. The van der Waals surface area contributed by atoms with Gasteiger partial charge < -0.3 is 10.6 Å². The third kappa shape index (κ3) is 4.82. The predicted molar refractivity (Wildman–Crippen MR) is 91.5 cm³/mol. The molecule has 2 atom stereocenters. The molecule has 1 aromatic carbocycles. The van der Waals surface area contributed by atoms with Crippen molar-refractivity contribution >= 4 is 0 Å². The first-order chi connectivity index (χ1) is 10.1. The van der Waals surface area contributed by atoms with Crippen molar-refractivity contribution in [3.8, 4) is 0 Å². The summed E-state index contributed by atoms with van der Waals surface area (Å²) in [6.45, 7) is 10.2. The Balaban J connectivity index is 1.89. The monoisotopic (exact) mass is 288 g/mol. The van der Waals surface area contributed by atoms with Crippen LogP contribution < -0.4 is 5.73 Å². The van der Waals surface area contributed by atoms with Gasteiger partial charge in [-0.15, -0.1) is 0 Å². The average molecular weight is 288 g/mol. The fourth-order valence-corrected chi connectivity index (χ4v) is 3.33. The second-order valence-corrected chi connectivity index (χ2v) is 6.93. The summed E-state index contributed by atoms with van der Waals surface area (Å²) in [7, 11) is 0. The number of nitrogens with zero attached hydrogens (tertiary/aromatic N) is 1. The van der Waals surface area contributed by atoms with Crippen LogP contribution in [0.1, 0.15) is 69.5 Å². The van der Waals surface area contributed by atoms with E-state index in [1.807, 2.05) is 0 Å². The van der Waals surface area contributed by atoms with Gasteiger partial charge in [0.05, 0.1) is 0 Å². The van der Waals surface area contributed by atoms with Gasteiger partial charge in [-0.1, -0.05) is 51.5 Å². The molecule has 1 aliphatic rings. The smallest absolute Gasteiger partial charge is 0.0424 e. The molecule has 1 aromatic rings. The Hall–Kier alpha value is -0.860. The van der Waals surface area contributed by atoms with Gasteiger partial charge in [0, 0.05) is 12.6 Å². The van der Waals surface area contributed by atoms with Gasteiger partial charge in [0.2, 0.25) is 0 Å². The lowest BCUT2D eigenvalue weighted by molar-refractivity contribution is 0.263. The van der Waals surface area contributed by atoms with Crippen molar-refractivity contribution < 1.29 is 0 Å². The maximum atomic E-state index is 6.43. The minimum Gasteiger partial charge on any atom is -0.323 e. The van der Waals surface area contributed by atoms with Crippen LogP contribution in [0.4, 0.5) is 0 Å². The van der Waals surface area contributed by atoms with Gasteiger partial charge in [0.25, 0.3) is 0 Å². The van der Waals surface area contributed by atoms with Gasteiger partial charge in [0.15, 0.2) is 0 Å². The van der Waals surface area contributed by atoms with Crippen molar-refractivity contribution in [2.24, 2.45) is 11.7 Å². The van der Waals surface area contributed by atoms with E-state index in [0.717, 1.165) is 12.5 Å². The topological polar surface area (TPSA) is 29.3 Å². The van der Waals surface area contributed by atoms with Crippen LogP contribution in [0.15, 0.2) is 24.3 Å². The summed E-state index contributed by atoms with van der Waals surface area (Å²) in [5, 5.41) is 0. The van der Waals surface area contributed by atoms with E-state index in [2.05, 4.69) is 49.9 Å². The third-order valence-electron chi connectivity index (χ3n) is 5.00. The van der Waals surface area contributed by atoms with Crippen LogP contribution in [0.3, 0.4) is 0 Å². The number of benzene rings is 1. The molecule has 1 saturated heterocycles. The summed E-state index contributed by atoms with van der Waals surface area (Å²) >= 11 is 0. The molecular weight excluding hydrogens is 256 g/mol. The SMILES string of the molecule is CCC1CCCN(CC(N)c2ccc(C(C)C)cc2)CC1. The minimum atomic E-state index is 0.143. The predicted octanol–water partition coefficient (Wildman–Crippen LogP) is 4.32. The van der Waals surface area contributed by atoms with Gasteiger partial charge >= 0.3 is 0 Å². The van der Waals surface area contributed by atoms with Crippen molar-refractivity contribution in [2.45, 2.75) is 58.4 Å². The van der Waals surface area contributed by atoms with Crippen molar-refractivity contribution in [2.75, 3.05) is 19.6 Å². The highest BCUT2D eigenvalue weighted by Gasteiger charge is 2.18. The zero-order valence-corrected chi connectivity index (χ0v) is 14.0. The number of likely N-dealkylation sites (tertiary alicyclic amines) is 1. The number of hydrogen-bond acceptors (Lipinski definition) is 2.